The fourth-order valence-corrected chi connectivity index (χ4v) is 6.10. The molecule has 9 heteroatoms. The Labute approximate surface area is 267 Å². The van der Waals surface area contributed by atoms with Crippen molar-refractivity contribution in [2.75, 3.05) is 18.5 Å². The molecule has 0 spiro atoms. The molecule has 6 rings (SSSR count). The average Bonchev–Trinajstić information content (AvgIpc) is 3.06. The van der Waals surface area contributed by atoms with E-state index in [2.05, 4.69) is 80.2 Å². The van der Waals surface area contributed by atoms with Crippen LogP contribution in [0.1, 0.15) is 63.0 Å². The number of nitrogens with one attached hydrogen (secondary N) is 3. The fourth-order valence-electron chi connectivity index (χ4n) is 6.10. The number of nitrogens with zero attached hydrogens (tertiary/aromatic N) is 2. The first-order valence-electron chi connectivity index (χ1n) is 16.2. The molecule has 0 atom stereocenters. The highest BCUT2D eigenvalue weighted by Crippen LogP contribution is 2.36. The second-order valence-electron chi connectivity index (χ2n) is 11.8. The molecule has 0 aliphatic rings. The van der Waals surface area contributed by atoms with Crippen molar-refractivity contribution in [3.63, 3.8) is 0 Å². The summed E-state index contributed by atoms with van der Waals surface area (Å²) in [5, 5.41) is 13.3. The van der Waals surface area contributed by atoms with Crippen molar-refractivity contribution in [1.82, 2.24) is 20.3 Å². The quantitative estimate of drug-likeness (QED) is 0.0664. The van der Waals surface area contributed by atoms with Gasteiger partial charge in [-0.2, -0.15) is 4.98 Å². The molecule has 6 aromatic rings. The van der Waals surface area contributed by atoms with Crippen LogP contribution in [-0.2, 0) is 22.4 Å². The average molecular weight is 618 g/mol. The fraction of sp³-hybridized carbons (Fsp3) is 0.324. The molecular formula is C37H39N5O4. The minimum absolute atomic E-state index is 0.0637. The number of unbranched alkanes of at least 4 members (excludes halogenated alkanes) is 3. The standard InChI is InChI=1S/C37H39N5O4/c1-2-3-20-38-37(45)42-36-40-34-30(35(44)41-36)22-24(23-39-34)9-5-4-6-21-46-31(43)13-8-10-25-14-15-28-17-16-26-11-7-12-27-18-19-29(25)33(28)32(26)27/h7,11-12,14-19,22-23H,2-6,8-10,13,20-21H2,1H3,(H3,38,39,40,41,42,44,45). The highest BCUT2D eigenvalue weighted by atomic mass is 16.5. The summed E-state index contributed by atoms with van der Waals surface area (Å²) in [6.07, 6.45) is 8.81. The predicted octanol–water partition coefficient (Wildman–Crippen LogP) is 7.42. The molecule has 4 aromatic carbocycles. The number of H-pyrrole nitrogens is 1. The minimum atomic E-state index is -0.418. The molecule has 0 unspecified atom stereocenters. The van der Waals surface area contributed by atoms with Crippen LogP contribution in [0, 0.1) is 0 Å². The Bertz CT molecular complexity index is 2040. The molecule has 0 radical (unpaired) electrons. The maximum atomic E-state index is 12.6. The molecule has 9 nitrogen and oxygen atoms in total. The number of carbonyl (C=O) groups is 2. The van der Waals surface area contributed by atoms with Gasteiger partial charge in [0.2, 0.25) is 5.95 Å². The normalized spacial score (nSPS) is 11.5. The number of rotatable bonds is 14. The van der Waals surface area contributed by atoms with Crippen LogP contribution in [-0.4, -0.2) is 40.1 Å². The lowest BCUT2D eigenvalue weighted by Crippen LogP contribution is -2.31. The van der Waals surface area contributed by atoms with Crippen molar-refractivity contribution in [2.24, 2.45) is 0 Å². The van der Waals surface area contributed by atoms with Crippen molar-refractivity contribution in [2.45, 2.75) is 64.7 Å². The van der Waals surface area contributed by atoms with E-state index in [1.807, 2.05) is 6.92 Å². The van der Waals surface area contributed by atoms with Crippen molar-refractivity contribution in [1.29, 1.82) is 0 Å². The van der Waals surface area contributed by atoms with E-state index in [9.17, 15) is 14.4 Å². The number of aromatic amines is 1. The number of carbonyl (C=O) groups excluding carboxylic acids is 2. The van der Waals surface area contributed by atoms with Gasteiger partial charge in [-0.3, -0.25) is 19.9 Å². The Morgan fingerprint density at radius 3 is 2.46 bits per heavy atom. The zero-order valence-electron chi connectivity index (χ0n) is 26.2. The molecular weight excluding hydrogens is 578 g/mol. The first-order valence-corrected chi connectivity index (χ1v) is 16.2. The van der Waals surface area contributed by atoms with Gasteiger partial charge in [0, 0.05) is 19.2 Å². The summed E-state index contributed by atoms with van der Waals surface area (Å²) in [4.78, 5) is 48.2. The SMILES string of the molecule is CCCCNC(=O)Nc1nc2ncc(CCCCCOC(=O)CCCc3ccc4ccc5cccc6ccc3c4c56)cc2c(=O)[nH]1. The van der Waals surface area contributed by atoms with Crippen molar-refractivity contribution in [3.8, 4) is 0 Å². The molecule has 0 fully saturated rings. The first kappa shape index (κ1) is 31.0. The van der Waals surface area contributed by atoms with Gasteiger partial charge in [-0.15, -0.1) is 0 Å². The van der Waals surface area contributed by atoms with Crippen molar-refractivity contribution < 1.29 is 14.3 Å². The molecule has 0 aliphatic carbocycles. The van der Waals surface area contributed by atoms with Crippen LogP contribution < -0.4 is 16.2 Å². The largest absolute Gasteiger partial charge is 0.466 e. The third-order valence-electron chi connectivity index (χ3n) is 8.48. The van der Waals surface area contributed by atoms with Gasteiger partial charge in [0.15, 0.2) is 5.65 Å². The Morgan fingerprint density at radius 1 is 0.848 bits per heavy atom. The van der Waals surface area contributed by atoms with Gasteiger partial charge in [-0.25, -0.2) is 9.78 Å². The van der Waals surface area contributed by atoms with E-state index in [0.717, 1.165) is 56.9 Å². The second-order valence-corrected chi connectivity index (χ2v) is 11.8. The highest BCUT2D eigenvalue weighted by molar-refractivity contribution is 6.23. The number of fused-ring (bicyclic) bond motifs is 1. The topological polar surface area (TPSA) is 126 Å². The van der Waals surface area contributed by atoms with Crippen molar-refractivity contribution >= 4 is 61.3 Å². The third-order valence-corrected chi connectivity index (χ3v) is 8.48. The maximum absolute atomic E-state index is 12.6. The van der Waals surface area contributed by atoms with E-state index < -0.39 is 6.03 Å². The maximum Gasteiger partial charge on any atom is 0.321 e. The monoisotopic (exact) mass is 617 g/mol. The first-order chi connectivity index (χ1) is 22.5. The molecule has 2 heterocycles. The zero-order chi connectivity index (χ0) is 31.9. The van der Waals surface area contributed by atoms with Crippen LogP contribution in [0.3, 0.4) is 0 Å². The molecule has 0 aliphatic heterocycles. The van der Waals surface area contributed by atoms with Gasteiger partial charge in [0.05, 0.1) is 12.0 Å². The van der Waals surface area contributed by atoms with E-state index in [1.54, 1.807) is 12.3 Å². The molecule has 0 saturated carbocycles. The summed E-state index contributed by atoms with van der Waals surface area (Å²) in [5.74, 6) is -0.0933. The third kappa shape index (κ3) is 7.09. The summed E-state index contributed by atoms with van der Waals surface area (Å²) in [6, 6.07) is 21.0. The zero-order valence-corrected chi connectivity index (χ0v) is 26.2. The van der Waals surface area contributed by atoms with Gasteiger partial charge in [0.25, 0.3) is 5.56 Å². The number of esters is 1. The van der Waals surface area contributed by atoms with Gasteiger partial charge in [0.1, 0.15) is 0 Å². The van der Waals surface area contributed by atoms with E-state index in [1.165, 1.54) is 37.9 Å². The predicted molar refractivity (Wildman–Crippen MR) is 184 cm³/mol. The number of hydrogen-bond acceptors (Lipinski definition) is 6. The lowest BCUT2D eigenvalue weighted by molar-refractivity contribution is -0.143. The molecule has 0 saturated heterocycles. The smallest absolute Gasteiger partial charge is 0.321 e. The Hall–Kier alpha value is -5.05. The van der Waals surface area contributed by atoms with Gasteiger partial charge in [-0.05, 0) is 94.5 Å². The van der Waals surface area contributed by atoms with E-state index in [0.29, 0.717) is 25.0 Å². The van der Waals surface area contributed by atoms with E-state index in [4.69, 9.17) is 4.74 Å². The van der Waals surface area contributed by atoms with Crippen molar-refractivity contribution in [3.05, 3.63) is 88.3 Å². The molecule has 46 heavy (non-hydrogen) atoms. The summed E-state index contributed by atoms with van der Waals surface area (Å²) in [5.41, 5.74) is 2.13. The van der Waals surface area contributed by atoms with Crippen LogP contribution in [0.2, 0.25) is 0 Å². The summed E-state index contributed by atoms with van der Waals surface area (Å²) in [6.45, 7) is 2.99. The van der Waals surface area contributed by atoms with Crippen LogP contribution in [0.4, 0.5) is 10.7 Å². The summed E-state index contributed by atoms with van der Waals surface area (Å²) in [7, 11) is 0. The van der Waals surface area contributed by atoms with E-state index in [-0.39, 0.29) is 23.1 Å². The van der Waals surface area contributed by atoms with Crippen LogP contribution in [0.5, 0.6) is 0 Å². The summed E-state index contributed by atoms with van der Waals surface area (Å²) < 4.78 is 5.51. The molecule has 2 amide bonds. The van der Waals surface area contributed by atoms with E-state index >= 15 is 0 Å². The van der Waals surface area contributed by atoms with Gasteiger partial charge in [-0.1, -0.05) is 67.9 Å². The number of ether oxygens (including phenoxy) is 1. The van der Waals surface area contributed by atoms with Gasteiger partial charge < -0.3 is 10.1 Å². The summed E-state index contributed by atoms with van der Waals surface area (Å²) >= 11 is 0. The molecule has 2 aromatic heterocycles. The highest BCUT2D eigenvalue weighted by Gasteiger charge is 2.12. The molecule has 0 bridgehead atoms. The number of amides is 2. The Balaban J connectivity index is 0.921. The Morgan fingerprint density at radius 2 is 1.63 bits per heavy atom. The number of urea groups is 1. The lowest BCUT2D eigenvalue weighted by atomic mass is 9.90. The lowest BCUT2D eigenvalue weighted by Gasteiger charge is -2.14. The van der Waals surface area contributed by atoms with Gasteiger partial charge >= 0.3 is 12.0 Å². The number of hydrogen-bond donors (Lipinski definition) is 3. The Kier molecular flexibility index (Phi) is 9.67. The van der Waals surface area contributed by atoms with Crippen LogP contribution >= 0.6 is 0 Å². The number of aromatic nitrogens is 3. The van der Waals surface area contributed by atoms with Crippen LogP contribution in [0.25, 0.3) is 43.4 Å². The van der Waals surface area contributed by atoms with Crippen LogP contribution in [0.15, 0.2) is 71.7 Å². The second kappa shape index (κ2) is 14.4. The molecule has 236 valence electrons. The number of aryl methyl sites for hydroxylation is 2. The molecule has 3 N–H and O–H groups in total. The number of pyridine rings is 1. The number of benzene rings is 4. The minimum Gasteiger partial charge on any atom is -0.466 e. The number of anilines is 1.